The Morgan fingerprint density at radius 2 is 2.06 bits per heavy atom. The van der Waals surface area contributed by atoms with E-state index >= 15 is 0 Å². The molecule has 1 saturated carbocycles. The van der Waals surface area contributed by atoms with Crippen LogP contribution in [0.5, 0.6) is 5.75 Å². The highest BCUT2D eigenvalue weighted by Crippen LogP contribution is 2.32. The molecule has 1 fully saturated rings. The molecule has 0 heterocycles. The van der Waals surface area contributed by atoms with Crippen LogP contribution in [0, 0.1) is 5.92 Å². The first-order valence-electron chi connectivity index (χ1n) is 5.86. The molecule has 0 spiro atoms. The highest BCUT2D eigenvalue weighted by molar-refractivity contribution is 5.98. The minimum Gasteiger partial charge on any atom is -0.495 e. The summed E-state index contributed by atoms with van der Waals surface area (Å²) in [5.74, 6) is 0.452. The normalized spacial score (nSPS) is 13.9. The topological polar surface area (TPSA) is 67.4 Å². The number of amides is 2. The van der Waals surface area contributed by atoms with Gasteiger partial charge in [-0.25, -0.2) is 0 Å². The van der Waals surface area contributed by atoms with E-state index < -0.39 is 0 Å². The van der Waals surface area contributed by atoms with Crippen LogP contribution in [0.3, 0.4) is 0 Å². The van der Waals surface area contributed by atoms with Crippen molar-refractivity contribution in [2.24, 2.45) is 5.92 Å². The van der Waals surface area contributed by atoms with Crippen molar-refractivity contribution in [1.82, 2.24) is 5.32 Å². The quantitative estimate of drug-likeness (QED) is 0.846. The fraction of sp³-hybridized carbons (Fsp3) is 0.385. The maximum Gasteiger partial charge on any atom is 0.251 e. The largest absolute Gasteiger partial charge is 0.495 e. The van der Waals surface area contributed by atoms with Crippen LogP contribution in [0.4, 0.5) is 5.69 Å². The predicted molar refractivity (Wildman–Crippen MR) is 67.7 cm³/mol. The lowest BCUT2D eigenvalue weighted by Gasteiger charge is -2.11. The van der Waals surface area contributed by atoms with Crippen molar-refractivity contribution >= 4 is 17.5 Å². The van der Waals surface area contributed by atoms with E-state index in [2.05, 4.69) is 10.6 Å². The van der Waals surface area contributed by atoms with Gasteiger partial charge in [0.1, 0.15) is 5.75 Å². The van der Waals surface area contributed by atoms with Gasteiger partial charge < -0.3 is 15.4 Å². The molecule has 1 aliphatic rings. The Bertz CT molecular complexity index is 481. The summed E-state index contributed by atoms with van der Waals surface area (Å²) in [7, 11) is 3.08. The Balaban J connectivity index is 2.19. The molecule has 5 heteroatoms. The molecule has 0 radical (unpaired) electrons. The summed E-state index contributed by atoms with van der Waals surface area (Å²) in [5.41, 5.74) is 1.10. The summed E-state index contributed by atoms with van der Waals surface area (Å²) < 4.78 is 5.19. The SMILES string of the molecule is CNC(=O)c1ccc(NC(=O)C2CC2)c(OC)c1. The molecule has 2 amide bonds. The summed E-state index contributed by atoms with van der Waals surface area (Å²) in [6.45, 7) is 0. The van der Waals surface area contributed by atoms with Crippen LogP contribution in [0.25, 0.3) is 0 Å². The number of rotatable bonds is 4. The van der Waals surface area contributed by atoms with E-state index in [4.69, 9.17) is 4.74 Å². The number of carbonyl (C=O) groups is 2. The van der Waals surface area contributed by atoms with E-state index in [1.165, 1.54) is 7.11 Å². The summed E-state index contributed by atoms with van der Waals surface area (Å²) in [5, 5.41) is 5.35. The van der Waals surface area contributed by atoms with E-state index in [-0.39, 0.29) is 17.7 Å². The average molecular weight is 248 g/mol. The second kappa shape index (κ2) is 5.08. The van der Waals surface area contributed by atoms with Crippen LogP contribution in [0.2, 0.25) is 0 Å². The second-order valence-electron chi connectivity index (χ2n) is 4.26. The highest BCUT2D eigenvalue weighted by Gasteiger charge is 2.30. The van der Waals surface area contributed by atoms with Gasteiger partial charge in [-0.15, -0.1) is 0 Å². The number of ether oxygens (including phenoxy) is 1. The molecule has 1 aliphatic carbocycles. The van der Waals surface area contributed by atoms with Crippen molar-refractivity contribution in [2.75, 3.05) is 19.5 Å². The molecule has 18 heavy (non-hydrogen) atoms. The second-order valence-corrected chi connectivity index (χ2v) is 4.26. The standard InChI is InChI=1S/C13H16N2O3/c1-14-12(16)9-5-6-10(11(7-9)18-2)15-13(17)8-3-4-8/h5-8H,3-4H2,1-2H3,(H,14,16)(H,15,17). The van der Waals surface area contributed by atoms with Gasteiger partial charge in [0.15, 0.2) is 0 Å². The molecule has 2 N–H and O–H groups in total. The van der Waals surface area contributed by atoms with Crippen molar-refractivity contribution < 1.29 is 14.3 Å². The van der Waals surface area contributed by atoms with Gasteiger partial charge in [0.2, 0.25) is 5.91 Å². The highest BCUT2D eigenvalue weighted by atomic mass is 16.5. The first-order chi connectivity index (χ1) is 8.65. The number of anilines is 1. The number of methoxy groups -OCH3 is 1. The van der Waals surface area contributed by atoms with Crippen LogP contribution >= 0.6 is 0 Å². The van der Waals surface area contributed by atoms with Crippen molar-refractivity contribution in [3.05, 3.63) is 23.8 Å². The summed E-state index contributed by atoms with van der Waals surface area (Å²) in [4.78, 5) is 23.2. The Morgan fingerprint density at radius 3 is 2.61 bits per heavy atom. The Labute approximate surface area is 106 Å². The third-order valence-electron chi connectivity index (χ3n) is 2.90. The lowest BCUT2D eigenvalue weighted by Crippen LogP contribution is -2.18. The zero-order chi connectivity index (χ0) is 13.1. The smallest absolute Gasteiger partial charge is 0.251 e. The fourth-order valence-corrected chi connectivity index (χ4v) is 1.66. The van der Waals surface area contributed by atoms with E-state index in [1.807, 2.05) is 0 Å². The molecule has 0 bridgehead atoms. The van der Waals surface area contributed by atoms with E-state index in [9.17, 15) is 9.59 Å². The maximum absolute atomic E-state index is 11.7. The zero-order valence-electron chi connectivity index (χ0n) is 10.4. The van der Waals surface area contributed by atoms with Crippen molar-refractivity contribution in [3.8, 4) is 5.75 Å². The average Bonchev–Trinajstić information content (AvgIpc) is 3.22. The van der Waals surface area contributed by atoms with E-state index in [0.29, 0.717) is 17.0 Å². The Hall–Kier alpha value is -2.04. The number of hydrogen-bond donors (Lipinski definition) is 2. The van der Waals surface area contributed by atoms with Crippen LogP contribution in [-0.2, 0) is 4.79 Å². The summed E-state index contributed by atoms with van der Waals surface area (Å²) in [6.07, 6.45) is 1.90. The van der Waals surface area contributed by atoms with Crippen LogP contribution < -0.4 is 15.4 Å². The molecule has 0 atom stereocenters. The van der Waals surface area contributed by atoms with Crippen LogP contribution in [0.1, 0.15) is 23.2 Å². The van der Waals surface area contributed by atoms with Gasteiger partial charge >= 0.3 is 0 Å². The molecule has 2 rings (SSSR count). The van der Waals surface area contributed by atoms with Crippen LogP contribution in [0.15, 0.2) is 18.2 Å². The number of carbonyl (C=O) groups excluding carboxylic acids is 2. The minimum absolute atomic E-state index is 0.0148. The fourth-order valence-electron chi connectivity index (χ4n) is 1.66. The van der Waals surface area contributed by atoms with Gasteiger partial charge in [-0.2, -0.15) is 0 Å². The lowest BCUT2D eigenvalue weighted by molar-refractivity contribution is -0.117. The van der Waals surface area contributed by atoms with Gasteiger partial charge in [0.25, 0.3) is 5.91 Å². The Kier molecular flexibility index (Phi) is 3.50. The summed E-state index contributed by atoms with van der Waals surface area (Å²) >= 11 is 0. The first kappa shape index (κ1) is 12.4. The molecular weight excluding hydrogens is 232 g/mol. The van der Waals surface area contributed by atoms with E-state index in [0.717, 1.165) is 12.8 Å². The zero-order valence-corrected chi connectivity index (χ0v) is 10.4. The van der Waals surface area contributed by atoms with Gasteiger partial charge in [-0.05, 0) is 31.0 Å². The third-order valence-corrected chi connectivity index (χ3v) is 2.90. The molecule has 1 aromatic carbocycles. The number of hydrogen-bond acceptors (Lipinski definition) is 3. The molecule has 96 valence electrons. The van der Waals surface area contributed by atoms with E-state index in [1.54, 1.807) is 25.2 Å². The molecular formula is C13H16N2O3. The molecule has 0 aromatic heterocycles. The van der Waals surface area contributed by atoms with Gasteiger partial charge in [0, 0.05) is 18.5 Å². The van der Waals surface area contributed by atoms with Gasteiger partial charge in [-0.1, -0.05) is 0 Å². The molecule has 0 saturated heterocycles. The molecule has 1 aromatic rings. The van der Waals surface area contributed by atoms with Crippen molar-refractivity contribution in [1.29, 1.82) is 0 Å². The molecule has 0 unspecified atom stereocenters. The van der Waals surface area contributed by atoms with Gasteiger partial charge in [-0.3, -0.25) is 9.59 Å². The number of nitrogens with one attached hydrogen (secondary N) is 2. The minimum atomic E-state index is -0.187. The molecule has 0 aliphatic heterocycles. The maximum atomic E-state index is 11.7. The Morgan fingerprint density at radius 1 is 1.33 bits per heavy atom. The summed E-state index contributed by atoms with van der Waals surface area (Å²) in [6, 6.07) is 4.95. The predicted octanol–water partition coefficient (Wildman–Crippen LogP) is 1.40. The lowest BCUT2D eigenvalue weighted by atomic mass is 10.1. The van der Waals surface area contributed by atoms with Gasteiger partial charge in [0.05, 0.1) is 12.8 Å². The molecule has 5 nitrogen and oxygen atoms in total. The van der Waals surface area contributed by atoms with Crippen molar-refractivity contribution in [3.63, 3.8) is 0 Å². The third kappa shape index (κ3) is 2.61. The monoisotopic (exact) mass is 248 g/mol. The number of benzene rings is 1. The first-order valence-corrected chi connectivity index (χ1v) is 5.86. The van der Waals surface area contributed by atoms with Crippen LogP contribution in [-0.4, -0.2) is 26.0 Å². The van der Waals surface area contributed by atoms with Crippen molar-refractivity contribution in [2.45, 2.75) is 12.8 Å².